The van der Waals surface area contributed by atoms with Gasteiger partial charge in [0.15, 0.2) is 0 Å². The van der Waals surface area contributed by atoms with Crippen molar-refractivity contribution in [3.05, 3.63) is 63.1 Å². The van der Waals surface area contributed by atoms with E-state index in [1.165, 1.54) is 35.2 Å². The highest BCUT2D eigenvalue weighted by atomic mass is 35.5. The van der Waals surface area contributed by atoms with Crippen LogP contribution in [0.2, 0.25) is 15.1 Å². The number of hydrogen-bond acceptors (Lipinski definition) is 4. The van der Waals surface area contributed by atoms with E-state index in [1.54, 1.807) is 19.1 Å². The summed E-state index contributed by atoms with van der Waals surface area (Å²) in [6.45, 7) is 6.52. The number of carbonyl (C=O) groups excluding carboxylic acids is 2. The molecule has 0 saturated carbocycles. The molecule has 0 saturated heterocycles. The molecule has 186 valence electrons. The number of carbonyl (C=O) groups is 2. The molecular weight excluding hydrogens is 521 g/mol. The Hall–Kier alpha value is -2.00. The van der Waals surface area contributed by atoms with Gasteiger partial charge in [-0.2, -0.15) is 0 Å². The van der Waals surface area contributed by atoms with Crippen molar-refractivity contribution in [2.75, 3.05) is 17.1 Å². The standard InChI is InChI=1S/C23H28Cl3N3O4S/c1-15(22(31)27-23(2,3)4)28(13-16-6-7-18(25)12-20(16)26)21(30)14-29(34(5,32)33)19-10-8-17(24)9-11-19/h6-12,15H,13-14H2,1-5H3,(H,27,31)/t15-/m1/s1. The molecule has 11 heteroatoms. The lowest BCUT2D eigenvalue weighted by molar-refractivity contribution is -0.140. The lowest BCUT2D eigenvalue weighted by Crippen LogP contribution is -2.54. The molecule has 2 aromatic carbocycles. The van der Waals surface area contributed by atoms with Crippen LogP contribution in [0, 0.1) is 0 Å². The van der Waals surface area contributed by atoms with Crippen LogP contribution < -0.4 is 9.62 Å². The Morgan fingerprint density at radius 3 is 2.06 bits per heavy atom. The van der Waals surface area contributed by atoms with Gasteiger partial charge in [0, 0.05) is 27.2 Å². The summed E-state index contributed by atoms with van der Waals surface area (Å²) in [6, 6.07) is 9.99. The zero-order chi connectivity index (χ0) is 25.8. The van der Waals surface area contributed by atoms with Crippen LogP contribution in [0.4, 0.5) is 5.69 Å². The Balaban J connectivity index is 2.43. The van der Waals surface area contributed by atoms with Gasteiger partial charge in [0.1, 0.15) is 12.6 Å². The van der Waals surface area contributed by atoms with Gasteiger partial charge in [-0.15, -0.1) is 0 Å². The van der Waals surface area contributed by atoms with E-state index in [-0.39, 0.29) is 18.1 Å². The Labute approximate surface area is 216 Å². The van der Waals surface area contributed by atoms with Crippen LogP contribution in [-0.2, 0) is 26.2 Å². The van der Waals surface area contributed by atoms with Gasteiger partial charge in [-0.25, -0.2) is 8.42 Å². The van der Waals surface area contributed by atoms with Crippen molar-refractivity contribution in [3.8, 4) is 0 Å². The third-order valence-corrected chi connectivity index (χ3v) is 6.79. The van der Waals surface area contributed by atoms with Gasteiger partial charge in [-0.3, -0.25) is 13.9 Å². The smallest absolute Gasteiger partial charge is 0.244 e. The van der Waals surface area contributed by atoms with Crippen molar-refractivity contribution in [2.24, 2.45) is 0 Å². The van der Waals surface area contributed by atoms with Gasteiger partial charge in [0.25, 0.3) is 0 Å². The van der Waals surface area contributed by atoms with E-state index in [4.69, 9.17) is 34.8 Å². The number of anilines is 1. The molecule has 2 amide bonds. The number of nitrogens with zero attached hydrogens (tertiary/aromatic N) is 2. The van der Waals surface area contributed by atoms with E-state index in [2.05, 4.69) is 5.32 Å². The summed E-state index contributed by atoms with van der Waals surface area (Å²) in [7, 11) is -3.82. The Morgan fingerprint density at radius 1 is 1.00 bits per heavy atom. The minimum atomic E-state index is -3.82. The van der Waals surface area contributed by atoms with E-state index in [0.717, 1.165) is 10.6 Å². The summed E-state index contributed by atoms with van der Waals surface area (Å²) in [6.07, 6.45) is 1.00. The lowest BCUT2D eigenvalue weighted by Gasteiger charge is -2.33. The van der Waals surface area contributed by atoms with Gasteiger partial charge in [-0.05, 0) is 69.7 Å². The molecule has 7 nitrogen and oxygen atoms in total. The van der Waals surface area contributed by atoms with Crippen LogP contribution in [0.15, 0.2) is 42.5 Å². The molecule has 0 aliphatic heterocycles. The molecule has 0 aromatic heterocycles. The predicted octanol–water partition coefficient (Wildman–Crippen LogP) is 4.74. The normalized spacial score (nSPS) is 12.7. The molecule has 34 heavy (non-hydrogen) atoms. The van der Waals surface area contributed by atoms with Crippen LogP contribution in [0.25, 0.3) is 0 Å². The van der Waals surface area contributed by atoms with E-state index in [9.17, 15) is 18.0 Å². The lowest BCUT2D eigenvalue weighted by atomic mass is 10.1. The fraction of sp³-hybridized carbons (Fsp3) is 0.391. The number of hydrogen-bond donors (Lipinski definition) is 1. The van der Waals surface area contributed by atoms with E-state index >= 15 is 0 Å². The Morgan fingerprint density at radius 2 is 1.56 bits per heavy atom. The van der Waals surface area contributed by atoms with Crippen LogP contribution in [0.1, 0.15) is 33.3 Å². The Bertz CT molecular complexity index is 1150. The average Bonchev–Trinajstić information content (AvgIpc) is 2.69. The molecule has 1 atom stereocenters. The Kier molecular flexibility index (Phi) is 9.27. The maximum Gasteiger partial charge on any atom is 0.244 e. The molecule has 0 heterocycles. The average molecular weight is 549 g/mol. The fourth-order valence-corrected chi connectivity index (χ4v) is 4.56. The third kappa shape index (κ3) is 8.05. The number of rotatable bonds is 8. The molecule has 0 aliphatic carbocycles. The van der Waals surface area contributed by atoms with Gasteiger partial charge < -0.3 is 10.2 Å². The van der Waals surface area contributed by atoms with Crippen molar-refractivity contribution < 1.29 is 18.0 Å². The third-order valence-electron chi connectivity index (χ3n) is 4.82. The minimum absolute atomic E-state index is 0.0220. The summed E-state index contributed by atoms with van der Waals surface area (Å²) in [5, 5.41) is 4.03. The van der Waals surface area contributed by atoms with E-state index < -0.39 is 34.1 Å². The molecule has 0 fully saturated rings. The van der Waals surface area contributed by atoms with Gasteiger partial charge in [-0.1, -0.05) is 40.9 Å². The molecule has 2 aromatic rings. The van der Waals surface area contributed by atoms with Crippen LogP contribution in [-0.4, -0.2) is 49.5 Å². The zero-order valence-electron chi connectivity index (χ0n) is 19.6. The highest BCUT2D eigenvalue weighted by molar-refractivity contribution is 7.92. The maximum absolute atomic E-state index is 13.5. The highest BCUT2D eigenvalue weighted by Crippen LogP contribution is 2.25. The second-order valence-corrected chi connectivity index (χ2v) is 12.1. The number of sulfonamides is 1. The fourth-order valence-electron chi connectivity index (χ4n) is 3.11. The number of nitrogens with one attached hydrogen (secondary N) is 1. The van der Waals surface area contributed by atoms with Crippen molar-refractivity contribution >= 4 is 62.3 Å². The van der Waals surface area contributed by atoms with Crippen LogP contribution in [0.5, 0.6) is 0 Å². The highest BCUT2D eigenvalue weighted by Gasteiger charge is 2.31. The summed E-state index contributed by atoms with van der Waals surface area (Å²) < 4.78 is 26.0. The monoisotopic (exact) mass is 547 g/mol. The second-order valence-electron chi connectivity index (χ2n) is 8.92. The quantitative estimate of drug-likeness (QED) is 0.516. The minimum Gasteiger partial charge on any atom is -0.350 e. The molecule has 1 N–H and O–H groups in total. The van der Waals surface area contributed by atoms with E-state index in [1.807, 2.05) is 20.8 Å². The van der Waals surface area contributed by atoms with Crippen LogP contribution in [0.3, 0.4) is 0 Å². The van der Waals surface area contributed by atoms with E-state index in [0.29, 0.717) is 20.6 Å². The number of amides is 2. The maximum atomic E-state index is 13.5. The molecule has 0 spiro atoms. The molecule has 0 aliphatic rings. The van der Waals surface area contributed by atoms with Gasteiger partial charge in [0.05, 0.1) is 11.9 Å². The van der Waals surface area contributed by atoms with Gasteiger partial charge in [0.2, 0.25) is 21.8 Å². The summed E-state index contributed by atoms with van der Waals surface area (Å²) >= 11 is 18.2. The summed E-state index contributed by atoms with van der Waals surface area (Å²) in [4.78, 5) is 27.7. The number of halogens is 3. The summed E-state index contributed by atoms with van der Waals surface area (Å²) in [5.74, 6) is -0.966. The van der Waals surface area contributed by atoms with Crippen LogP contribution >= 0.6 is 34.8 Å². The molecule has 0 unspecified atom stereocenters. The zero-order valence-corrected chi connectivity index (χ0v) is 22.7. The SMILES string of the molecule is C[C@H](C(=O)NC(C)(C)C)N(Cc1ccc(Cl)cc1Cl)C(=O)CN(c1ccc(Cl)cc1)S(C)(=O)=O. The van der Waals surface area contributed by atoms with Crippen molar-refractivity contribution in [3.63, 3.8) is 0 Å². The predicted molar refractivity (Wildman–Crippen MR) is 138 cm³/mol. The van der Waals surface area contributed by atoms with Crippen molar-refractivity contribution in [1.82, 2.24) is 10.2 Å². The largest absolute Gasteiger partial charge is 0.350 e. The molecule has 2 rings (SSSR count). The summed E-state index contributed by atoms with van der Waals surface area (Å²) in [5.41, 5.74) is 0.309. The van der Waals surface area contributed by atoms with Gasteiger partial charge >= 0.3 is 0 Å². The first-order chi connectivity index (χ1) is 15.6. The van der Waals surface area contributed by atoms with Crippen molar-refractivity contribution in [1.29, 1.82) is 0 Å². The number of benzene rings is 2. The first-order valence-electron chi connectivity index (χ1n) is 10.4. The first kappa shape index (κ1) is 28.2. The molecule has 0 radical (unpaired) electrons. The topological polar surface area (TPSA) is 86.8 Å². The molecular formula is C23H28Cl3N3O4S. The first-order valence-corrected chi connectivity index (χ1v) is 13.4. The second kappa shape index (κ2) is 11.2. The molecule has 0 bridgehead atoms. The van der Waals surface area contributed by atoms with Crippen molar-refractivity contribution in [2.45, 2.75) is 45.8 Å².